The van der Waals surface area contributed by atoms with E-state index in [2.05, 4.69) is 15.0 Å². The summed E-state index contributed by atoms with van der Waals surface area (Å²) < 4.78 is 25.4. The topological polar surface area (TPSA) is 96.6 Å². The van der Waals surface area contributed by atoms with Crippen molar-refractivity contribution in [1.29, 1.82) is 0 Å². The summed E-state index contributed by atoms with van der Waals surface area (Å²) in [5, 5.41) is 3.06. The van der Waals surface area contributed by atoms with Crippen LogP contribution in [0.5, 0.6) is 0 Å². The number of hydrogen-bond acceptors (Lipinski definition) is 3. The first-order chi connectivity index (χ1) is 9.14. The monoisotopic (exact) mass is 298 g/mol. The van der Waals surface area contributed by atoms with Gasteiger partial charge in [-0.15, -0.1) is 0 Å². The lowest BCUT2D eigenvalue weighted by molar-refractivity contribution is 0.508. The Morgan fingerprint density at radius 3 is 2.25 bits per heavy atom. The zero-order valence-electron chi connectivity index (χ0n) is 12.3. The number of nitrogens with zero attached hydrogens (tertiary/aromatic N) is 1. The van der Waals surface area contributed by atoms with Crippen LogP contribution in [-0.2, 0) is 16.6 Å². The highest BCUT2D eigenvalue weighted by molar-refractivity contribution is 7.89. The van der Waals surface area contributed by atoms with E-state index in [0.717, 1.165) is 5.56 Å². The van der Waals surface area contributed by atoms with Crippen molar-refractivity contribution in [3.63, 3.8) is 0 Å². The molecule has 0 atom stereocenters. The molecule has 0 fully saturated rings. The molecule has 0 aliphatic heterocycles. The Labute approximate surface area is 120 Å². The van der Waals surface area contributed by atoms with Gasteiger partial charge in [-0.2, -0.15) is 0 Å². The molecular formula is C13H22N4O2S. The molecule has 0 unspecified atom stereocenters. The molecule has 112 valence electrons. The number of sulfonamides is 1. The molecule has 0 aliphatic carbocycles. The van der Waals surface area contributed by atoms with Crippen LogP contribution in [0.25, 0.3) is 0 Å². The maximum absolute atomic E-state index is 11.6. The number of benzene rings is 1. The Balaban J connectivity index is 2.74. The van der Waals surface area contributed by atoms with Gasteiger partial charge in [0.1, 0.15) is 0 Å². The average Bonchev–Trinajstić information content (AvgIpc) is 2.35. The molecule has 0 spiro atoms. The van der Waals surface area contributed by atoms with Gasteiger partial charge in [-0.3, -0.25) is 0 Å². The summed E-state index contributed by atoms with van der Waals surface area (Å²) in [5.74, 6) is 0.365. The van der Waals surface area contributed by atoms with E-state index >= 15 is 0 Å². The minimum Gasteiger partial charge on any atom is -0.370 e. The standard InChI is InChI=1S/C13H22N4O2S/c1-13(2,3)17-12(14)16-9-10-5-7-11(8-6-10)20(18,19)15-4/h5-8,15H,9H2,1-4H3,(H3,14,16,17). The van der Waals surface area contributed by atoms with E-state index in [1.807, 2.05) is 20.8 Å². The summed E-state index contributed by atoms with van der Waals surface area (Å²) in [6.07, 6.45) is 0. The second-order valence-electron chi connectivity index (χ2n) is 5.43. The van der Waals surface area contributed by atoms with E-state index in [1.54, 1.807) is 24.3 Å². The third-order valence-electron chi connectivity index (χ3n) is 2.44. The van der Waals surface area contributed by atoms with Crippen molar-refractivity contribution < 1.29 is 8.42 Å². The zero-order chi connectivity index (χ0) is 15.4. The van der Waals surface area contributed by atoms with E-state index < -0.39 is 10.0 Å². The van der Waals surface area contributed by atoms with Crippen molar-refractivity contribution in [3.05, 3.63) is 29.8 Å². The Morgan fingerprint density at radius 1 is 1.25 bits per heavy atom. The van der Waals surface area contributed by atoms with Crippen LogP contribution in [-0.4, -0.2) is 27.0 Å². The number of rotatable bonds is 4. The zero-order valence-corrected chi connectivity index (χ0v) is 13.1. The van der Waals surface area contributed by atoms with Crippen molar-refractivity contribution in [2.24, 2.45) is 10.7 Å². The van der Waals surface area contributed by atoms with Crippen molar-refractivity contribution >= 4 is 16.0 Å². The van der Waals surface area contributed by atoms with E-state index in [1.165, 1.54) is 7.05 Å². The van der Waals surface area contributed by atoms with Gasteiger partial charge < -0.3 is 11.1 Å². The summed E-state index contributed by atoms with van der Waals surface area (Å²) in [6, 6.07) is 6.53. The van der Waals surface area contributed by atoms with Crippen LogP contribution in [0.1, 0.15) is 26.3 Å². The van der Waals surface area contributed by atoms with Crippen LogP contribution < -0.4 is 15.8 Å². The van der Waals surface area contributed by atoms with Gasteiger partial charge in [-0.05, 0) is 45.5 Å². The van der Waals surface area contributed by atoms with Gasteiger partial charge >= 0.3 is 0 Å². The van der Waals surface area contributed by atoms with Crippen molar-refractivity contribution in [2.45, 2.75) is 37.8 Å². The molecule has 0 aromatic heterocycles. The van der Waals surface area contributed by atoms with E-state index in [9.17, 15) is 8.42 Å². The third-order valence-corrected chi connectivity index (χ3v) is 3.87. The molecule has 20 heavy (non-hydrogen) atoms. The Bertz CT molecular complexity index is 571. The summed E-state index contributed by atoms with van der Waals surface area (Å²) in [5.41, 5.74) is 6.51. The minimum absolute atomic E-state index is 0.141. The second-order valence-corrected chi connectivity index (χ2v) is 7.31. The molecule has 0 bridgehead atoms. The minimum atomic E-state index is -3.39. The predicted molar refractivity (Wildman–Crippen MR) is 80.9 cm³/mol. The number of guanidine groups is 1. The van der Waals surface area contributed by atoms with Gasteiger partial charge in [-0.1, -0.05) is 12.1 Å². The van der Waals surface area contributed by atoms with E-state index in [0.29, 0.717) is 12.5 Å². The first-order valence-corrected chi connectivity index (χ1v) is 7.73. The predicted octanol–water partition coefficient (Wildman–Crippen LogP) is 0.798. The highest BCUT2D eigenvalue weighted by Crippen LogP contribution is 2.10. The Kier molecular flexibility index (Phi) is 5.13. The average molecular weight is 298 g/mol. The summed E-state index contributed by atoms with van der Waals surface area (Å²) >= 11 is 0. The second kappa shape index (κ2) is 6.23. The SMILES string of the molecule is CNS(=O)(=O)c1ccc(CN=C(N)NC(C)(C)C)cc1. The van der Waals surface area contributed by atoms with E-state index in [-0.39, 0.29) is 10.4 Å². The van der Waals surface area contributed by atoms with Crippen LogP contribution in [0, 0.1) is 0 Å². The van der Waals surface area contributed by atoms with Crippen molar-refractivity contribution in [1.82, 2.24) is 10.0 Å². The maximum atomic E-state index is 11.6. The smallest absolute Gasteiger partial charge is 0.240 e. The lowest BCUT2D eigenvalue weighted by atomic mass is 10.1. The molecule has 0 heterocycles. The van der Waals surface area contributed by atoms with Crippen molar-refractivity contribution in [2.75, 3.05) is 7.05 Å². The molecule has 0 saturated heterocycles. The summed E-state index contributed by atoms with van der Waals surface area (Å²) in [6.45, 7) is 6.38. The van der Waals surface area contributed by atoms with Crippen LogP contribution in [0.15, 0.2) is 34.2 Å². The Morgan fingerprint density at radius 2 is 1.80 bits per heavy atom. The summed E-state index contributed by atoms with van der Waals surface area (Å²) in [4.78, 5) is 4.44. The van der Waals surface area contributed by atoms with Crippen LogP contribution in [0.4, 0.5) is 0 Å². The highest BCUT2D eigenvalue weighted by atomic mass is 32.2. The maximum Gasteiger partial charge on any atom is 0.240 e. The number of nitrogens with one attached hydrogen (secondary N) is 2. The van der Waals surface area contributed by atoms with Crippen LogP contribution >= 0.6 is 0 Å². The lowest BCUT2D eigenvalue weighted by Crippen LogP contribution is -2.44. The fourth-order valence-electron chi connectivity index (χ4n) is 1.49. The Hall–Kier alpha value is -1.60. The molecule has 6 nitrogen and oxygen atoms in total. The third kappa shape index (κ3) is 5.18. The van der Waals surface area contributed by atoms with Crippen LogP contribution in [0.2, 0.25) is 0 Å². The van der Waals surface area contributed by atoms with Gasteiger partial charge in [0.25, 0.3) is 0 Å². The first kappa shape index (κ1) is 16.5. The van der Waals surface area contributed by atoms with Gasteiger partial charge in [0.15, 0.2) is 5.96 Å². The first-order valence-electron chi connectivity index (χ1n) is 6.25. The van der Waals surface area contributed by atoms with Crippen LogP contribution in [0.3, 0.4) is 0 Å². The molecular weight excluding hydrogens is 276 g/mol. The number of hydrogen-bond donors (Lipinski definition) is 3. The molecule has 0 radical (unpaired) electrons. The molecule has 1 rings (SSSR count). The van der Waals surface area contributed by atoms with Gasteiger partial charge in [0, 0.05) is 5.54 Å². The van der Waals surface area contributed by atoms with Gasteiger partial charge in [0.05, 0.1) is 11.4 Å². The largest absolute Gasteiger partial charge is 0.370 e. The number of nitrogens with two attached hydrogens (primary N) is 1. The van der Waals surface area contributed by atoms with E-state index in [4.69, 9.17) is 5.73 Å². The fourth-order valence-corrected chi connectivity index (χ4v) is 2.22. The molecule has 7 heteroatoms. The molecule has 0 amide bonds. The highest BCUT2D eigenvalue weighted by Gasteiger charge is 2.11. The lowest BCUT2D eigenvalue weighted by Gasteiger charge is -2.20. The molecule has 0 saturated carbocycles. The fraction of sp³-hybridized carbons (Fsp3) is 0.462. The van der Waals surface area contributed by atoms with Crippen molar-refractivity contribution in [3.8, 4) is 0 Å². The van der Waals surface area contributed by atoms with Gasteiger partial charge in [0.2, 0.25) is 10.0 Å². The quantitative estimate of drug-likeness (QED) is 0.566. The summed E-state index contributed by atoms with van der Waals surface area (Å²) in [7, 11) is -2.01. The van der Waals surface area contributed by atoms with Gasteiger partial charge in [-0.25, -0.2) is 18.1 Å². The molecule has 1 aromatic rings. The normalized spacial score (nSPS) is 13.3. The number of aliphatic imine (C=N–C) groups is 1. The molecule has 1 aromatic carbocycles. The molecule has 4 N–H and O–H groups in total. The molecule has 0 aliphatic rings.